The number of thioether (sulfide) groups is 1. The summed E-state index contributed by atoms with van der Waals surface area (Å²) in [6.07, 6.45) is 1.40. The quantitative estimate of drug-likeness (QED) is 0.654. The summed E-state index contributed by atoms with van der Waals surface area (Å²) in [6, 6.07) is -1.87. The highest BCUT2D eigenvalue weighted by Gasteiger charge is 2.40. The van der Waals surface area contributed by atoms with E-state index in [0.29, 0.717) is 18.7 Å². The van der Waals surface area contributed by atoms with Crippen molar-refractivity contribution < 1.29 is 19.5 Å². The van der Waals surface area contributed by atoms with E-state index in [0.717, 1.165) is 6.42 Å². The third kappa shape index (κ3) is 2.94. The summed E-state index contributed by atoms with van der Waals surface area (Å²) < 4.78 is 0. The Hall–Kier alpha value is -1.44. The Morgan fingerprint density at radius 1 is 1.53 bits per heavy atom. The molecule has 0 saturated carbocycles. The second-order valence-corrected chi connectivity index (χ2v) is 5.98. The van der Waals surface area contributed by atoms with E-state index >= 15 is 0 Å². The van der Waals surface area contributed by atoms with Gasteiger partial charge in [-0.1, -0.05) is 0 Å². The first-order chi connectivity index (χ1) is 9.00. The van der Waals surface area contributed by atoms with Crippen molar-refractivity contribution in [2.45, 2.75) is 37.2 Å². The number of carbonyl (C=O) groups excluding carboxylic acids is 2. The molecular formula is C11H17N3O4S. The van der Waals surface area contributed by atoms with Gasteiger partial charge in [0.2, 0.25) is 5.91 Å². The van der Waals surface area contributed by atoms with Crippen molar-refractivity contribution in [1.82, 2.24) is 15.5 Å². The van der Waals surface area contributed by atoms with E-state index in [1.807, 2.05) is 0 Å². The second-order valence-electron chi connectivity index (χ2n) is 4.63. The van der Waals surface area contributed by atoms with Gasteiger partial charge in [0.25, 0.3) is 0 Å². The summed E-state index contributed by atoms with van der Waals surface area (Å²) in [5, 5.41) is 14.2. The van der Waals surface area contributed by atoms with Gasteiger partial charge in [-0.2, -0.15) is 0 Å². The summed E-state index contributed by atoms with van der Waals surface area (Å²) in [5.74, 6) is -0.841. The second kappa shape index (κ2) is 5.68. The Bertz CT molecular complexity index is 403. The van der Waals surface area contributed by atoms with Gasteiger partial charge in [0.05, 0.1) is 5.37 Å². The van der Waals surface area contributed by atoms with E-state index in [1.165, 1.54) is 16.7 Å². The number of hydrogen-bond acceptors (Lipinski definition) is 4. The molecule has 3 atom stereocenters. The molecule has 0 aromatic rings. The first kappa shape index (κ1) is 14.0. The minimum atomic E-state index is -1.01. The molecule has 0 aliphatic carbocycles. The summed E-state index contributed by atoms with van der Waals surface area (Å²) in [5.41, 5.74) is 0. The van der Waals surface area contributed by atoms with Gasteiger partial charge in [0.15, 0.2) is 0 Å². The molecule has 0 bridgehead atoms. The van der Waals surface area contributed by atoms with Crippen LogP contribution in [0.1, 0.15) is 19.8 Å². The summed E-state index contributed by atoms with van der Waals surface area (Å²) in [4.78, 5) is 36.1. The van der Waals surface area contributed by atoms with Crippen molar-refractivity contribution in [2.75, 3.05) is 12.3 Å². The zero-order chi connectivity index (χ0) is 14.0. The molecule has 106 valence electrons. The van der Waals surface area contributed by atoms with E-state index < -0.39 is 24.1 Å². The van der Waals surface area contributed by atoms with Gasteiger partial charge in [0.1, 0.15) is 12.1 Å². The topological polar surface area (TPSA) is 98.7 Å². The molecule has 0 aromatic carbocycles. The number of carboxylic acid groups (broad SMARTS) is 1. The van der Waals surface area contributed by atoms with Crippen molar-refractivity contribution in [3.63, 3.8) is 0 Å². The van der Waals surface area contributed by atoms with Crippen molar-refractivity contribution in [1.29, 1.82) is 0 Å². The number of rotatable bonds is 2. The number of piperidine rings is 1. The van der Waals surface area contributed by atoms with Gasteiger partial charge in [-0.05, 0) is 19.8 Å². The number of urea groups is 1. The Balaban J connectivity index is 2.01. The number of hydrogen-bond donors (Lipinski definition) is 3. The number of aliphatic carboxylic acids is 1. The molecule has 19 heavy (non-hydrogen) atoms. The van der Waals surface area contributed by atoms with Crippen LogP contribution in [-0.4, -0.2) is 57.7 Å². The first-order valence-corrected chi connectivity index (χ1v) is 7.26. The molecule has 7 nitrogen and oxygen atoms in total. The fourth-order valence-corrected chi connectivity index (χ4v) is 3.44. The maximum atomic E-state index is 12.1. The van der Waals surface area contributed by atoms with E-state index in [-0.39, 0.29) is 11.3 Å². The number of carboxylic acids is 1. The van der Waals surface area contributed by atoms with Crippen LogP contribution < -0.4 is 10.6 Å². The summed E-state index contributed by atoms with van der Waals surface area (Å²) in [6.45, 7) is 2.41. The molecule has 8 heteroatoms. The highest BCUT2D eigenvalue weighted by atomic mass is 32.2. The summed E-state index contributed by atoms with van der Waals surface area (Å²) >= 11 is 1.42. The third-order valence-electron chi connectivity index (χ3n) is 3.33. The van der Waals surface area contributed by atoms with Gasteiger partial charge in [-0.25, -0.2) is 9.59 Å². The van der Waals surface area contributed by atoms with E-state index in [9.17, 15) is 14.4 Å². The van der Waals surface area contributed by atoms with Crippen LogP contribution in [0.3, 0.4) is 0 Å². The van der Waals surface area contributed by atoms with Crippen molar-refractivity contribution in [3.8, 4) is 0 Å². The van der Waals surface area contributed by atoms with Gasteiger partial charge in [0, 0.05) is 12.3 Å². The first-order valence-electron chi connectivity index (χ1n) is 6.21. The predicted octanol–water partition coefficient (Wildman–Crippen LogP) is -0.177. The minimum absolute atomic E-state index is 0.201. The van der Waals surface area contributed by atoms with Gasteiger partial charge in [-0.15, -0.1) is 11.8 Å². The lowest BCUT2D eigenvalue weighted by Gasteiger charge is -2.29. The predicted molar refractivity (Wildman–Crippen MR) is 69.7 cm³/mol. The van der Waals surface area contributed by atoms with Crippen LogP contribution >= 0.6 is 11.8 Å². The Kier molecular flexibility index (Phi) is 4.18. The van der Waals surface area contributed by atoms with Crippen LogP contribution in [0, 0.1) is 0 Å². The SMILES string of the molecule is CC1SCC(C(=O)O)N1C(=O)NC1CCCNC1=O. The van der Waals surface area contributed by atoms with Gasteiger partial charge >= 0.3 is 12.0 Å². The fourth-order valence-electron chi connectivity index (χ4n) is 2.27. The molecule has 3 amide bonds. The molecule has 3 N–H and O–H groups in total. The maximum absolute atomic E-state index is 12.1. The molecule has 2 aliphatic heterocycles. The maximum Gasteiger partial charge on any atom is 0.327 e. The smallest absolute Gasteiger partial charge is 0.327 e. The molecule has 2 rings (SSSR count). The standard InChI is InChI=1S/C11H17N3O4S/c1-6-14(8(5-19-6)10(16)17)11(18)13-7-3-2-4-12-9(7)15/h6-8H,2-5H2,1H3,(H,12,15)(H,13,18)(H,16,17). The molecule has 0 spiro atoms. The number of nitrogens with one attached hydrogen (secondary N) is 2. The Morgan fingerprint density at radius 3 is 2.89 bits per heavy atom. The molecular weight excluding hydrogens is 270 g/mol. The highest BCUT2D eigenvalue weighted by molar-refractivity contribution is 8.00. The zero-order valence-electron chi connectivity index (χ0n) is 10.6. The monoisotopic (exact) mass is 287 g/mol. The van der Waals surface area contributed by atoms with Crippen LogP contribution in [0.4, 0.5) is 4.79 Å². The fraction of sp³-hybridized carbons (Fsp3) is 0.727. The minimum Gasteiger partial charge on any atom is -0.480 e. The summed E-state index contributed by atoms with van der Waals surface area (Å²) in [7, 11) is 0. The van der Waals surface area contributed by atoms with E-state index in [2.05, 4.69) is 10.6 Å². The van der Waals surface area contributed by atoms with Crippen molar-refractivity contribution >= 4 is 29.7 Å². The molecule has 2 fully saturated rings. The molecule has 2 saturated heterocycles. The molecule has 2 aliphatic rings. The lowest BCUT2D eigenvalue weighted by atomic mass is 10.1. The Labute approximate surface area is 115 Å². The average Bonchev–Trinajstić information content (AvgIpc) is 2.74. The molecule has 2 heterocycles. The van der Waals surface area contributed by atoms with Crippen LogP contribution in [0.25, 0.3) is 0 Å². The molecule has 0 radical (unpaired) electrons. The van der Waals surface area contributed by atoms with E-state index in [1.54, 1.807) is 6.92 Å². The molecule has 3 unspecified atom stereocenters. The zero-order valence-corrected chi connectivity index (χ0v) is 11.4. The highest BCUT2D eigenvalue weighted by Crippen LogP contribution is 2.28. The normalized spacial score (nSPS) is 30.9. The largest absolute Gasteiger partial charge is 0.480 e. The number of nitrogens with zero attached hydrogens (tertiary/aromatic N) is 1. The molecule has 0 aromatic heterocycles. The average molecular weight is 287 g/mol. The lowest BCUT2D eigenvalue weighted by molar-refractivity contribution is -0.141. The Morgan fingerprint density at radius 2 is 2.26 bits per heavy atom. The van der Waals surface area contributed by atoms with Crippen molar-refractivity contribution in [2.24, 2.45) is 0 Å². The number of amides is 3. The van der Waals surface area contributed by atoms with Crippen LogP contribution in [-0.2, 0) is 9.59 Å². The van der Waals surface area contributed by atoms with Crippen LogP contribution in [0.2, 0.25) is 0 Å². The lowest BCUT2D eigenvalue weighted by Crippen LogP contribution is -2.56. The van der Waals surface area contributed by atoms with Crippen molar-refractivity contribution in [3.05, 3.63) is 0 Å². The van der Waals surface area contributed by atoms with Gasteiger partial charge in [-0.3, -0.25) is 9.69 Å². The number of carbonyl (C=O) groups is 3. The van der Waals surface area contributed by atoms with Crippen LogP contribution in [0.5, 0.6) is 0 Å². The van der Waals surface area contributed by atoms with Gasteiger partial charge < -0.3 is 15.7 Å². The van der Waals surface area contributed by atoms with E-state index in [4.69, 9.17) is 5.11 Å². The third-order valence-corrected chi connectivity index (χ3v) is 4.54. The van der Waals surface area contributed by atoms with Crippen LogP contribution in [0.15, 0.2) is 0 Å².